The third kappa shape index (κ3) is 3.49. The number of rotatable bonds is 4. The minimum Gasteiger partial charge on any atom is -0.296 e. The predicted molar refractivity (Wildman–Crippen MR) is 79.1 cm³/mol. The molecular weight excluding hydrogens is 242 g/mol. The molecule has 0 N–H and O–H groups in total. The first-order valence-corrected chi connectivity index (χ1v) is 7.58. The standard InChI is InChI=1S/C16H24ClN/c1-3-4-16(14-5-7-15(17)8-6-14)18-11-9-13(2)10-12-18/h5-8,13,16H,3-4,9-12H2,1-2H3/t16-/m1/s1. The van der Waals surface area contributed by atoms with E-state index in [2.05, 4.69) is 30.9 Å². The van der Waals surface area contributed by atoms with Gasteiger partial charge in [-0.2, -0.15) is 0 Å². The molecule has 0 spiro atoms. The lowest BCUT2D eigenvalue weighted by Gasteiger charge is -2.37. The Morgan fingerprint density at radius 3 is 2.39 bits per heavy atom. The molecule has 0 aliphatic carbocycles. The lowest BCUT2D eigenvalue weighted by molar-refractivity contribution is 0.131. The molecule has 2 rings (SSSR count). The summed E-state index contributed by atoms with van der Waals surface area (Å²) in [7, 11) is 0. The maximum Gasteiger partial charge on any atom is 0.0406 e. The van der Waals surface area contributed by atoms with Crippen molar-refractivity contribution >= 4 is 11.6 Å². The molecule has 0 aromatic heterocycles. The highest BCUT2D eigenvalue weighted by molar-refractivity contribution is 6.30. The third-order valence-electron chi connectivity index (χ3n) is 4.08. The van der Waals surface area contributed by atoms with Gasteiger partial charge in [0.25, 0.3) is 0 Å². The van der Waals surface area contributed by atoms with Crippen molar-refractivity contribution in [2.24, 2.45) is 5.92 Å². The van der Waals surface area contributed by atoms with Crippen molar-refractivity contribution in [1.29, 1.82) is 0 Å². The first kappa shape index (κ1) is 13.9. The van der Waals surface area contributed by atoms with E-state index in [0.29, 0.717) is 6.04 Å². The molecule has 0 unspecified atom stereocenters. The van der Waals surface area contributed by atoms with Crippen molar-refractivity contribution in [3.05, 3.63) is 34.9 Å². The van der Waals surface area contributed by atoms with Gasteiger partial charge in [0.15, 0.2) is 0 Å². The summed E-state index contributed by atoms with van der Waals surface area (Å²) in [5.74, 6) is 0.897. The summed E-state index contributed by atoms with van der Waals surface area (Å²) < 4.78 is 0. The second kappa shape index (κ2) is 6.58. The molecule has 0 radical (unpaired) electrons. The van der Waals surface area contributed by atoms with Gasteiger partial charge in [0.05, 0.1) is 0 Å². The molecule has 1 aliphatic rings. The molecule has 1 heterocycles. The van der Waals surface area contributed by atoms with Crippen molar-refractivity contribution in [1.82, 2.24) is 4.90 Å². The normalized spacial score (nSPS) is 19.9. The van der Waals surface area contributed by atoms with Crippen LogP contribution in [0.3, 0.4) is 0 Å². The molecule has 2 heteroatoms. The highest BCUT2D eigenvalue weighted by atomic mass is 35.5. The monoisotopic (exact) mass is 265 g/mol. The molecule has 1 aliphatic heterocycles. The lowest BCUT2D eigenvalue weighted by atomic mass is 9.94. The van der Waals surface area contributed by atoms with Crippen LogP contribution in [-0.2, 0) is 0 Å². The summed E-state index contributed by atoms with van der Waals surface area (Å²) in [6.07, 6.45) is 5.16. The SMILES string of the molecule is CCC[C@H](c1ccc(Cl)cc1)N1CCC(C)CC1. The van der Waals surface area contributed by atoms with E-state index in [1.165, 1.54) is 44.3 Å². The van der Waals surface area contributed by atoms with Crippen LogP contribution in [-0.4, -0.2) is 18.0 Å². The van der Waals surface area contributed by atoms with Crippen LogP contribution >= 0.6 is 11.6 Å². The number of hydrogen-bond acceptors (Lipinski definition) is 1. The highest BCUT2D eigenvalue weighted by Gasteiger charge is 2.23. The Labute approximate surface area is 116 Å². The van der Waals surface area contributed by atoms with Gasteiger partial charge in [-0.3, -0.25) is 4.90 Å². The summed E-state index contributed by atoms with van der Waals surface area (Å²) in [6, 6.07) is 9.01. The maximum absolute atomic E-state index is 5.98. The average Bonchev–Trinajstić information content (AvgIpc) is 2.39. The van der Waals surface area contributed by atoms with Crippen LogP contribution in [0.25, 0.3) is 0 Å². The van der Waals surface area contributed by atoms with Gasteiger partial charge in [-0.15, -0.1) is 0 Å². The van der Waals surface area contributed by atoms with Crippen molar-refractivity contribution in [3.8, 4) is 0 Å². The van der Waals surface area contributed by atoms with E-state index < -0.39 is 0 Å². The first-order valence-electron chi connectivity index (χ1n) is 7.20. The zero-order valence-electron chi connectivity index (χ0n) is 11.5. The lowest BCUT2D eigenvalue weighted by Crippen LogP contribution is -2.36. The second-order valence-corrected chi connectivity index (χ2v) is 6.01. The van der Waals surface area contributed by atoms with Crippen LogP contribution in [0.2, 0.25) is 5.02 Å². The molecule has 1 nitrogen and oxygen atoms in total. The van der Waals surface area contributed by atoms with Gasteiger partial charge in [-0.1, -0.05) is 44.0 Å². The highest BCUT2D eigenvalue weighted by Crippen LogP contribution is 2.30. The fraction of sp³-hybridized carbons (Fsp3) is 0.625. The molecule has 0 amide bonds. The van der Waals surface area contributed by atoms with E-state index in [0.717, 1.165) is 10.9 Å². The van der Waals surface area contributed by atoms with Gasteiger partial charge in [0, 0.05) is 11.1 Å². The topological polar surface area (TPSA) is 3.24 Å². The second-order valence-electron chi connectivity index (χ2n) is 5.57. The minimum absolute atomic E-state index is 0.583. The molecule has 1 fully saturated rings. The van der Waals surface area contributed by atoms with Gasteiger partial charge in [0.2, 0.25) is 0 Å². The quantitative estimate of drug-likeness (QED) is 0.747. The van der Waals surface area contributed by atoms with Gasteiger partial charge < -0.3 is 0 Å². The summed E-state index contributed by atoms with van der Waals surface area (Å²) in [6.45, 7) is 7.13. The minimum atomic E-state index is 0.583. The van der Waals surface area contributed by atoms with Crippen LogP contribution in [0, 0.1) is 5.92 Å². The number of benzene rings is 1. The van der Waals surface area contributed by atoms with E-state index in [1.54, 1.807) is 0 Å². The van der Waals surface area contributed by atoms with E-state index >= 15 is 0 Å². The van der Waals surface area contributed by atoms with E-state index in [4.69, 9.17) is 11.6 Å². The summed E-state index contributed by atoms with van der Waals surface area (Å²) >= 11 is 5.98. The molecule has 0 bridgehead atoms. The van der Waals surface area contributed by atoms with Gasteiger partial charge in [0.1, 0.15) is 0 Å². The van der Waals surface area contributed by atoms with Gasteiger partial charge >= 0.3 is 0 Å². The summed E-state index contributed by atoms with van der Waals surface area (Å²) in [5.41, 5.74) is 1.43. The molecule has 0 saturated carbocycles. The molecule has 1 aromatic carbocycles. The molecular formula is C16H24ClN. The van der Waals surface area contributed by atoms with Crippen molar-refractivity contribution in [3.63, 3.8) is 0 Å². The Kier molecular flexibility index (Phi) is 5.08. The summed E-state index contributed by atoms with van der Waals surface area (Å²) in [5, 5.41) is 0.835. The molecule has 100 valence electrons. The molecule has 1 atom stereocenters. The van der Waals surface area contributed by atoms with Crippen molar-refractivity contribution in [2.45, 2.75) is 45.6 Å². The average molecular weight is 266 g/mol. The Morgan fingerprint density at radius 2 is 1.83 bits per heavy atom. The zero-order chi connectivity index (χ0) is 13.0. The van der Waals surface area contributed by atoms with E-state index in [9.17, 15) is 0 Å². The number of nitrogens with zero attached hydrogens (tertiary/aromatic N) is 1. The molecule has 1 saturated heterocycles. The Balaban J connectivity index is 2.09. The maximum atomic E-state index is 5.98. The summed E-state index contributed by atoms with van der Waals surface area (Å²) in [4.78, 5) is 2.66. The fourth-order valence-electron chi connectivity index (χ4n) is 2.86. The smallest absolute Gasteiger partial charge is 0.0406 e. The molecule has 1 aromatic rings. The zero-order valence-corrected chi connectivity index (χ0v) is 12.3. The number of hydrogen-bond donors (Lipinski definition) is 0. The van der Waals surface area contributed by atoms with E-state index in [1.807, 2.05) is 12.1 Å². The van der Waals surface area contributed by atoms with Crippen LogP contribution < -0.4 is 0 Å². The number of halogens is 1. The Morgan fingerprint density at radius 1 is 1.22 bits per heavy atom. The number of piperidine rings is 1. The van der Waals surface area contributed by atoms with Gasteiger partial charge in [-0.05, 0) is 56.0 Å². The van der Waals surface area contributed by atoms with Crippen LogP contribution in [0.15, 0.2) is 24.3 Å². The predicted octanol–water partition coefficient (Wildman–Crippen LogP) is 4.91. The van der Waals surface area contributed by atoms with Crippen LogP contribution in [0.5, 0.6) is 0 Å². The van der Waals surface area contributed by atoms with Crippen LogP contribution in [0.4, 0.5) is 0 Å². The van der Waals surface area contributed by atoms with Crippen LogP contribution in [0.1, 0.15) is 51.1 Å². The largest absolute Gasteiger partial charge is 0.296 e. The van der Waals surface area contributed by atoms with Crippen molar-refractivity contribution < 1.29 is 0 Å². The Hall–Kier alpha value is -0.530. The first-order chi connectivity index (χ1) is 8.70. The molecule has 18 heavy (non-hydrogen) atoms. The number of likely N-dealkylation sites (tertiary alicyclic amines) is 1. The van der Waals surface area contributed by atoms with Gasteiger partial charge in [-0.25, -0.2) is 0 Å². The van der Waals surface area contributed by atoms with E-state index in [-0.39, 0.29) is 0 Å². The Bertz CT molecular complexity index is 352. The fourth-order valence-corrected chi connectivity index (χ4v) is 2.98. The van der Waals surface area contributed by atoms with Crippen molar-refractivity contribution in [2.75, 3.05) is 13.1 Å². The third-order valence-corrected chi connectivity index (χ3v) is 4.33.